The van der Waals surface area contributed by atoms with E-state index in [1.807, 2.05) is 74.5 Å². The molecule has 196 valence electrons. The molecule has 1 aromatic heterocycles. The first-order valence-corrected chi connectivity index (χ1v) is 14.3. The van der Waals surface area contributed by atoms with E-state index in [-0.39, 0.29) is 11.4 Å². The normalized spacial score (nSPS) is 11.8. The number of aryl methyl sites for hydroxylation is 1. The van der Waals surface area contributed by atoms with Crippen molar-refractivity contribution in [2.45, 2.75) is 25.3 Å². The summed E-state index contributed by atoms with van der Waals surface area (Å²) in [6, 6.07) is 24.9. The average molecular weight is 614 g/mol. The van der Waals surface area contributed by atoms with Crippen molar-refractivity contribution in [1.29, 1.82) is 0 Å². The lowest BCUT2D eigenvalue weighted by atomic mass is 10.2. The minimum atomic E-state index is -3.98. The largest absolute Gasteiger partial charge is 0.318 e. The zero-order chi connectivity index (χ0) is 27.3. The molecule has 0 saturated carbocycles. The molecular weight excluding hydrogens is 588 g/mol. The second-order valence-corrected chi connectivity index (χ2v) is 11.9. The fourth-order valence-electron chi connectivity index (χ4n) is 4.04. The molecule has 0 bridgehead atoms. The Balaban J connectivity index is 1.51. The predicted molar refractivity (Wildman–Crippen MR) is 154 cm³/mol. The Hall–Kier alpha value is -3.24. The molecule has 0 aliphatic heterocycles. The molecule has 3 aromatic carbocycles. The summed E-state index contributed by atoms with van der Waals surface area (Å²) in [5.74, 6) is -0.559. The van der Waals surface area contributed by atoms with Crippen LogP contribution >= 0.6 is 27.5 Å². The molecule has 0 aliphatic carbocycles. The van der Waals surface area contributed by atoms with Crippen molar-refractivity contribution in [2.24, 2.45) is 5.10 Å². The van der Waals surface area contributed by atoms with Crippen LogP contribution in [0.1, 0.15) is 22.5 Å². The van der Waals surface area contributed by atoms with Gasteiger partial charge in [0.05, 0.1) is 17.7 Å². The van der Waals surface area contributed by atoms with Crippen molar-refractivity contribution in [1.82, 2.24) is 14.3 Å². The number of rotatable bonds is 9. The maximum atomic E-state index is 13.4. The number of carbonyl (C=O) groups is 1. The van der Waals surface area contributed by atoms with E-state index in [0.717, 1.165) is 37.0 Å². The Morgan fingerprint density at radius 2 is 1.68 bits per heavy atom. The van der Waals surface area contributed by atoms with Gasteiger partial charge in [-0.25, -0.2) is 13.8 Å². The van der Waals surface area contributed by atoms with E-state index in [2.05, 4.69) is 31.0 Å². The van der Waals surface area contributed by atoms with E-state index in [0.29, 0.717) is 5.02 Å². The second kappa shape index (κ2) is 12.1. The second-order valence-electron chi connectivity index (χ2n) is 8.64. The lowest BCUT2D eigenvalue weighted by Gasteiger charge is -2.21. The van der Waals surface area contributed by atoms with Gasteiger partial charge in [0.25, 0.3) is 5.91 Å². The van der Waals surface area contributed by atoms with Crippen LogP contribution in [0.4, 0.5) is 0 Å². The van der Waals surface area contributed by atoms with Crippen LogP contribution in [-0.2, 0) is 21.4 Å². The van der Waals surface area contributed by atoms with Gasteiger partial charge in [-0.15, -0.1) is 0 Å². The first-order chi connectivity index (χ1) is 18.1. The highest BCUT2D eigenvalue weighted by atomic mass is 79.9. The topological polar surface area (TPSA) is 83.8 Å². The van der Waals surface area contributed by atoms with Gasteiger partial charge >= 0.3 is 0 Å². The average Bonchev–Trinajstić information content (AvgIpc) is 3.17. The molecule has 4 rings (SSSR count). The third-order valence-corrected chi connectivity index (χ3v) is 8.51. The van der Waals surface area contributed by atoms with Crippen LogP contribution < -0.4 is 5.43 Å². The zero-order valence-electron chi connectivity index (χ0n) is 20.8. The van der Waals surface area contributed by atoms with Crippen molar-refractivity contribution < 1.29 is 13.2 Å². The van der Waals surface area contributed by atoms with Gasteiger partial charge in [-0.3, -0.25) is 4.79 Å². The molecule has 0 unspecified atom stereocenters. The predicted octanol–water partition coefficient (Wildman–Crippen LogP) is 5.85. The number of benzene rings is 3. The number of hydrogen-bond donors (Lipinski definition) is 1. The smallest absolute Gasteiger partial charge is 0.255 e. The lowest BCUT2D eigenvalue weighted by molar-refractivity contribution is -0.121. The molecule has 1 heterocycles. The fourth-order valence-corrected chi connectivity index (χ4v) is 5.82. The first-order valence-electron chi connectivity index (χ1n) is 11.7. The summed E-state index contributed by atoms with van der Waals surface area (Å²) in [7, 11) is -3.98. The molecule has 1 amide bonds. The van der Waals surface area contributed by atoms with E-state index in [1.54, 1.807) is 6.21 Å². The summed E-state index contributed by atoms with van der Waals surface area (Å²) in [5.41, 5.74) is 7.04. The molecule has 0 radical (unpaired) electrons. The monoisotopic (exact) mass is 612 g/mol. The fraction of sp³-hybridized carbons (Fsp3) is 0.143. The van der Waals surface area contributed by atoms with E-state index >= 15 is 0 Å². The molecule has 0 aliphatic rings. The van der Waals surface area contributed by atoms with E-state index in [1.165, 1.54) is 24.3 Å². The molecule has 0 atom stereocenters. The summed E-state index contributed by atoms with van der Waals surface area (Å²) >= 11 is 9.39. The zero-order valence-corrected chi connectivity index (χ0v) is 24.0. The van der Waals surface area contributed by atoms with Crippen molar-refractivity contribution in [3.63, 3.8) is 0 Å². The maximum absolute atomic E-state index is 13.4. The van der Waals surface area contributed by atoms with Crippen LogP contribution in [0.3, 0.4) is 0 Å². The maximum Gasteiger partial charge on any atom is 0.255 e. The summed E-state index contributed by atoms with van der Waals surface area (Å²) in [4.78, 5) is 12.9. The lowest BCUT2D eigenvalue weighted by Crippen LogP contribution is -2.39. The number of hydrazone groups is 1. The van der Waals surface area contributed by atoms with Crippen molar-refractivity contribution in [3.8, 4) is 5.69 Å². The highest BCUT2D eigenvalue weighted by molar-refractivity contribution is 9.10. The number of amides is 1. The van der Waals surface area contributed by atoms with Gasteiger partial charge in [-0.05, 0) is 74.0 Å². The van der Waals surface area contributed by atoms with Crippen molar-refractivity contribution >= 4 is 49.7 Å². The molecule has 0 fully saturated rings. The van der Waals surface area contributed by atoms with Crippen LogP contribution in [0.15, 0.2) is 99.4 Å². The number of nitrogens with zero attached hydrogens (tertiary/aromatic N) is 3. The highest BCUT2D eigenvalue weighted by Crippen LogP contribution is 2.22. The van der Waals surface area contributed by atoms with E-state index in [9.17, 15) is 13.2 Å². The number of halogens is 2. The van der Waals surface area contributed by atoms with E-state index < -0.39 is 22.5 Å². The molecular formula is C28H26BrClN4O3S. The van der Waals surface area contributed by atoms with Gasteiger partial charge in [-0.1, -0.05) is 57.9 Å². The SMILES string of the molecule is Cc1cc(/C=N/NC(=O)CN(Cc2ccccc2)S(=O)(=O)c2ccc(Cl)cc2)c(C)n1-c1ccc(Br)cc1. The van der Waals surface area contributed by atoms with Gasteiger partial charge in [0.1, 0.15) is 0 Å². The standard InChI is InChI=1S/C28H26BrClN4O3S/c1-20-16-23(21(2)34(20)26-12-8-24(29)9-13-26)17-31-32-28(35)19-33(18-22-6-4-3-5-7-22)38(36,37)27-14-10-25(30)11-15-27/h3-17H,18-19H2,1-2H3,(H,32,35)/b31-17+. The van der Waals surface area contributed by atoms with Crippen LogP contribution in [0.25, 0.3) is 5.69 Å². The number of carbonyl (C=O) groups excluding carboxylic acids is 1. The van der Waals surface area contributed by atoms with Gasteiger partial charge in [0, 0.05) is 38.7 Å². The number of hydrogen-bond acceptors (Lipinski definition) is 4. The van der Waals surface area contributed by atoms with Crippen LogP contribution in [-0.4, -0.2) is 36.0 Å². The Labute approximate surface area is 235 Å². The molecule has 0 spiro atoms. The van der Waals surface area contributed by atoms with Gasteiger partial charge in [0.2, 0.25) is 10.0 Å². The van der Waals surface area contributed by atoms with Crippen molar-refractivity contribution in [2.75, 3.05) is 6.54 Å². The van der Waals surface area contributed by atoms with Crippen LogP contribution in [0, 0.1) is 13.8 Å². The van der Waals surface area contributed by atoms with E-state index in [4.69, 9.17) is 11.6 Å². The Bertz CT molecular complexity index is 1550. The highest BCUT2D eigenvalue weighted by Gasteiger charge is 2.27. The summed E-state index contributed by atoms with van der Waals surface area (Å²) < 4.78 is 31.0. The Morgan fingerprint density at radius 3 is 2.34 bits per heavy atom. The minimum Gasteiger partial charge on any atom is -0.318 e. The third-order valence-electron chi connectivity index (χ3n) is 5.92. The third kappa shape index (κ3) is 6.60. The molecule has 0 saturated heterocycles. The van der Waals surface area contributed by atoms with Gasteiger partial charge in [0.15, 0.2) is 0 Å². The van der Waals surface area contributed by atoms with Crippen LogP contribution in [0.5, 0.6) is 0 Å². The van der Waals surface area contributed by atoms with Gasteiger partial charge in [-0.2, -0.15) is 9.41 Å². The van der Waals surface area contributed by atoms with Crippen LogP contribution in [0.2, 0.25) is 5.02 Å². The summed E-state index contributed by atoms with van der Waals surface area (Å²) in [5, 5.41) is 4.53. The number of aromatic nitrogens is 1. The number of nitrogens with one attached hydrogen (secondary N) is 1. The Morgan fingerprint density at radius 1 is 1.03 bits per heavy atom. The summed E-state index contributed by atoms with van der Waals surface area (Å²) in [6.45, 7) is 3.58. The molecule has 10 heteroatoms. The molecule has 38 heavy (non-hydrogen) atoms. The minimum absolute atomic E-state index is 0.0251. The summed E-state index contributed by atoms with van der Waals surface area (Å²) in [6.07, 6.45) is 1.56. The van der Waals surface area contributed by atoms with Gasteiger partial charge < -0.3 is 4.57 Å². The Kier molecular flexibility index (Phi) is 8.83. The quantitative estimate of drug-likeness (QED) is 0.190. The number of sulfonamides is 1. The van der Waals surface area contributed by atoms with Crippen molar-refractivity contribution in [3.05, 3.63) is 117 Å². The molecule has 7 nitrogen and oxygen atoms in total. The molecule has 1 N–H and O–H groups in total. The first kappa shape index (κ1) is 27.8. The molecule has 4 aromatic rings.